The van der Waals surface area contributed by atoms with Crippen LogP contribution < -0.4 is 5.32 Å². The minimum absolute atomic E-state index is 0.104. The summed E-state index contributed by atoms with van der Waals surface area (Å²) in [6.07, 6.45) is 7.47. The molecule has 5 nitrogen and oxygen atoms in total. The Morgan fingerprint density at radius 3 is 2.91 bits per heavy atom. The molecule has 0 spiro atoms. The normalized spacial score (nSPS) is 23.6. The Kier molecular flexibility index (Phi) is 6.13. The van der Waals surface area contributed by atoms with Gasteiger partial charge in [-0.2, -0.15) is 0 Å². The minimum Gasteiger partial charge on any atom is -0.451 e. The Labute approximate surface area is 137 Å². The average molecular weight is 318 g/mol. The van der Waals surface area contributed by atoms with Crippen LogP contribution in [0.25, 0.3) is 0 Å². The molecule has 1 aromatic heterocycles. The summed E-state index contributed by atoms with van der Waals surface area (Å²) in [6, 6.07) is 5.46. The van der Waals surface area contributed by atoms with E-state index in [1.807, 2.05) is 12.1 Å². The number of cyclic esters (lactones) is 1. The van der Waals surface area contributed by atoms with Gasteiger partial charge in [0, 0.05) is 12.6 Å². The van der Waals surface area contributed by atoms with Crippen molar-refractivity contribution in [2.75, 3.05) is 11.9 Å². The molecule has 1 fully saturated rings. The second-order valence-corrected chi connectivity index (χ2v) is 6.39. The zero-order valence-corrected chi connectivity index (χ0v) is 14.0. The summed E-state index contributed by atoms with van der Waals surface area (Å²) >= 11 is 0. The number of nitrogens with zero attached hydrogens (tertiary/aromatic N) is 1. The van der Waals surface area contributed by atoms with Gasteiger partial charge in [-0.25, -0.2) is 4.98 Å². The minimum atomic E-state index is -1.01. The number of carbonyl (C=O) groups is 2. The van der Waals surface area contributed by atoms with Crippen LogP contribution in [0, 0.1) is 5.92 Å². The monoisotopic (exact) mass is 318 g/mol. The molecule has 1 aromatic rings. The Morgan fingerprint density at radius 1 is 1.39 bits per heavy atom. The fourth-order valence-electron chi connectivity index (χ4n) is 2.93. The molecule has 1 saturated heterocycles. The molecule has 126 valence electrons. The number of aromatic nitrogens is 1. The third-order valence-electron chi connectivity index (χ3n) is 4.39. The number of hydrogen-bond donors (Lipinski definition) is 1. The lowest BCUT2D eigenvalue weighted by atomic mass is 9.89. The van der Waals surface area contributed by atoms with Crippen LogP contribution in [0.4, 0.5) is 5.82 Å². The molecule has 0 radical (unpaired) electrons. The van der Waals surface area contributed by atoms with Crippen molar-refractivity contribution >= 4 is 17.6 Å². The molecule has 0 aromatic carbocycles. The molecule has 2 atom stereocenters. The summed E-state index contributed by atoms with van der Waals surface area (Å²) in [5.41, 5.74) is -1.01. The van der Waals surface area contributed by atoms with Gasteiger partial charge >= 0.3 is 5.97 Å². The van der Waals surface area contributed by atoms with E-state index in [1.54, 1.807) is 19.2 Å². The maximum atomic E-state index is 12.4. The van der Waals surface area contributed by atoms with Crippen molar-refractivity contribution < 1.29 is 14.3 Å². The van der Waals surface area contributed by atoms with Crippen LogP contribution in [-0.2, 0) is 14.3 Å². The highest BCUT2D eigenvalue weighted by molar-refractivity contribution is 5.94. The van der Waals surface area contributed by atoms with Gasteiger partial charge in [0.05, 0.1) is 12.5 Å². The van der Waals surface area contributed by atoms with Gasteiger partial charge in [-0.1, -0.05) is 38.7 Å². The summed E-state index contributed by atoms with van der Waals surface area (Å²) in [7, 11) is 0. The van der Waals surface area contributed by atoms with E-state index in [0.717, 1.165) is 19.3 Å². The molecule has 2 unspecified atom stereocenters. The van der Waals surface area contributed by atoms with Gasteiger partial charge < -0.3 is 10.1 Å². The molecule has 1 aliphatic rings. The quantitative estimate of drug-likeness (QED) is 0.558. The van der Waals surface area contributed by atoms with Gasteiger partial charge in [0.15, 0.2) is 11.4 Å². The topological polar surface area (TPSA) is 68.3 Å². The van der Waals surface area contributed by atoms with Gasteiger partial charge in [0.2, 0.25) is 0 Å². The number of nitrogens with one attached hydrogen (secondary N) is 1. The zero-order chi connectivity index (χ0) is 16.7. The van der Waals surface area contributed by atoms with Gasteiger partial charge in [-0.3, -0.25) is 9.59 Å². The molecule has 1 N–H and O–H groups in total. The smallest absolute Gasteiger partial charge is 0.310 e. The number of ether oxygens (including phenoxy) is 1. The van der Waals surface area contributed by atoms with Gasteiger partial charge in [0.1, 0.15) is 5.82 Å². The third-order valence-corrected chi connectivity index (χ3v) is 4.39. The summed E-state index contributed by atoms with van der Waals surface area (Å²) in [5, 5.41) is 2.98. The molecule has 23 heavy (non-hydrogen) atoms. The highest BCUT2D eigenvalue weighted by Crippen LogP contribution is 2.34. The highest BCUT2D eigenvalue weighted by atomic mass is 16.6. The largest absolute Gasteiger partial charge is 0.451 e. The Balaban J connectivity index is 1.83. The van der Waals surface area contributed by atoms with Crippen LogP contribution in [0.5, 0.6) is 0 Å². The first kappa shape index (κ1) is 17.4. The molecule has 1 aliphatic heterocycles. The van der Waals surface area contributed by atoms with Crippen molar-refractivity contribution in [2.24, 2.45) is 5.92 Å². The van der Waals surface area contributed by atoms with Crippen molar-refractivity contribution in [3.05, 3.63) is 24.4 Å². The van der Waals surface area contributed by atoms with E-state index in [0.29, 0.717) is 12.2 Å². The Morgan fingerprint density at radius 2 is 2.22 bits per heavy atom. The number of carbonyl (C=O) groups excluding carboxylic acids is 2. The van der Waals surface area contributed by atoms with Gasteiger partial charge in [-0.15, -0.1) is 0 Å². The maximum absolute atomic E-state index is 12.4. The molecule has 0 bridgehead atoms. The Bertz CT molecular complexity index is 532. The molecule has 0 amide bonds. The van der Waals surface area contributed by atoms with Crippen LogP contribution in [0.2, 0.25) is 0 Å². The maximum Gasteiger partial charge on any atom is 0.310 e. The van der Waals surface area contributed by atoms with Gasteiger partial charge in [-0.05, 0) is 25.5 Å². The first-order chi connectivity index (χ1) is 11.0. The molecule has 2 rings (SSSR count). The number of unbranched alkanes of at least 4 members (excludes halogenated alkanes) is 3. The summed E-state index contributed by atoms with van der Waals surface area (Å²) in [4.78, 5) is 28.6. The average Bonchev–Trinajstić information content (AvgIpc) is 2.85. The van der Waals surface area contributed by atoms with Crippen LogP contribution in [0.3, 0.4) is 0 Å². The van der Waals surface area contributed by atoms with Crippen molar-refractivity contribution in [1.82, 2.24) is 4.98 Å². The van der Waals surface area contributed by atoms with E-state index in [4.69, 9.17) is 4.74 Å². The van der Waals surface area contributed by atoms with Crippen molar-refractivity contribution in [3.63, 3.8) is 0 Å². The van der Waals surface area contributed by atoms with Crippen LogP contribution >= 0.6 is 0 Å². The molecule has 2 heterocycles. The summed E-state index contributed by atoms with van der Waals surface area (Å²) < 4.78 is 5.42. The van der Waals surface area contributed by atoms with E-state index in [-0.39, 0.29) is 24.2 Å². The summed E-state index contributed by atoms with van der Waals surface area (Å²) in [6.45, 7) is 4.00. The number of ketones is 1. The standard InChI is InChI=1S/C18H26N2O3/c1-3-4-5-6-9-14-12-18(2,23-17(14)22)15(21)13-20-16-10-7-8-11-19-16/h7-8,10-11,14H,3-6,9,12-13H2,1-2H3,(H,19,20). The first-order valence-electron chi connectivity index (χ1n) is 8.46. The predicted molar refractivity (Wildman–Crippen MR) is 89.1 cm³/mol. The molecule has 0 saturated carbocycles. The van der Waals surface area contributed by atoms with E-state index >= 15 is 0 Å². The van der Waals surface area contributed by atoms with Crippen LogP contribution in [-0.4, -0.2) is 28.9 Å². The van der Waals surface area contributed by atoms with Crippen LogP contribution in [0.1, 0.15) is 52.4 Å². The third kappa shape index (κ3) is 4.78. The predicted octanol–water partition coefficient (Wildman–Crippen LogP) is 3.35. The number of anilines is 1. The lowest BCUT2D eigenvalue weighted by Gasteiger charge is -2.21. The second kappa shape index (κ2) is 8.09. The number of rotatable bonds is 9. The SMILES string of the molecule is CCCCCCC1CC(C)(C(=O)CNc2ccccn2)OC1=O. The van der Waals surface area contributed by atoms with Crippen molar-refractivity contribution in [1.29, 1.82) is 0 Å². The molecular weight excluding hydrogens is 292 g/mol. The molecule has 0 aliphatic carbocycles. The fraction of sp³-hybridized carbons (Fsp3) is 0.611. The number of esters is 1. The van der Waals surface area contributed by atoms with Crippen molar-refractivity contribution in [2.45, 2.75) is 58.0 Å². The molecule has 5 heteroatoms. The van der Waals surface area contributed by atoms with E-state index < -0.39 is 5.60 Å². The van der Waals surface area contributed by atoms with Gasteiger partial charge in [0.25, 0.3) is 0 Å². The Hall–Kier alpha value is -1.91. The molecular formula is C18H26N2O3. The number of pyridine rings is 1. The first-order valence-corrected chi connectivity index (χ1v) is 8.46. The summed E-state index contributed by atoms with van der Waals surface area (Å²) in [5.74, 6) is 0.170. The zero-order valence-electron chi connectivity index (χ0n) is 14.0. The lowest BCUT2D eigenvalue weighted by molar-refractivity contribution is -0.156. The lowest BCUT2D eigenvalue weighted by Crippen LogP contribution is -2.39. The van der Waals surface area contributed by atoms with E-state index in [9.17, 15) is 9.59 Å². The highest BCUT2D eigenvalue weighted by Gasteiger charge is 2.47. The van der Waals surface area contributed by atoms with E-state index in [2.05, 4.69) is 17.2 Å². The number of hydrogen-bond acceptors (Lipinski definition) is 5. The van der Waals surface area contributed by atoms with E-state index in [1.165, 1.54) is 12.8 Å². The second-order valence-electron chi connectivity index (χ2n) is 6.39. The van der Waals surface area contributed by atoms with Crippen LogP contribution in [0.15, 0.2) is 24.4 Å². The fourth-order valence-corrected chi connectivity index (χ4v) is 2.93. The number of Topliss-reactive ketones (excluding diaryl/α,β-unsaturated/α-hetero) is 1. The van der Waals surface area contributed by atoms with Crippen molar-refractivity contribution in [3.8, 4) is 0 Å².